The lowest BCUT2D eigenvalue weighted by Gasteiger charge is -2.16. The van der Waals surface area contributed by atoms with Crippen LogP contribution in [0, 0.1) is 0 Å². The molecule has 0 bridgehead atoms. The van der Waals surface area contributed by atoms with Crippen molar-refractivity contribution in [1.29, 1.82) is 0 Å². The summed E-state index contributed by atoms with van der Waals surface area (Å²) in [6, 6.07) is 5.65. The van der Waals surface area contributed by atoms with E-state index < -0.39 is 10.8 Å². The van der Waals surface area contributed by atoms with Crippen molar-refractivity contribution in [3.8, 4) is 0 Å². The van der Waals surface area contributed by atoms with Crippen molar-refractivity contribution in [2.75, 3.05) is 32.6 Å². The lowest BCUT2D eigenvalue weighted by molar-refractivity contribution is 0.0705. The second kappa shape index (κ2) is 9.67. The number of amides is 1. The number of hydrogen-bond donors (Lipinski definition) is 0. The number of nitrogens with zero attached hydrogens (tertiary/aromatic N) is 5. The third kappa shape index (κ3) is 4.88. The fraction of sp³-hybridized carbons (Fsp3) is 0.350. The zero-order chi connectivity index (χ0) is 21.8. The van der Waals surface area contributed by atoms with Gasteiger partial charge in [-0.3, -0.25) is 18.4 Å². The number of fused-ring (bicyclic) bond motifs is 1. The number of rotatable bonds is 9. The summed E-state index contributed by atoms with van der Waals surface area (Å²) in [6.07, 6.45) is 3.36. The number of carbonyl (C=O) groups is 1. The predicted octanol–water partition coefficient (Wildman–Crippen LogP) is 2.61. The molecule has 1 aromatic carbocycles. The molecule has 1 unspecified atom stereocenters. The first-order valence-electron chi connectivity index (χ1n) is 9.31. The number of likely N-dealkylation sites (N-methyl/N-ethyl adjacent to an activating group) is 1. The van der Waals surface area contributed by atoms with Crippen molar-refractivity contribution in [2.45, 2.75) is 4.90 Å². The molecule has 2 aromatic heterocycles. The van der Waals surface area contributed by atoms with Gasteiger partial charge in [0.25, 0.3) is 5.91 Å². The highest BCUT2D eigenvalue weighted by Crippen LogP contribution is 2.25. The second-order valence-electron chi connectivity index (χ2n) is 6.79. The zero-order valence-electron chi connectivity index (χ0n) is 17.2. The molecule has 30 heavy (non-hydrogen) atoms. The van der Waals surface area contributed by atoms with E-state index in [0.717, 1.165) is 20.4 Å². The zero-order valence-corrected chi connectivity index (χ0v) is 19.6. The van der Waals surface area contributed by atoms with Gasteiger partial charge in [-0.15, -0.1) is 0 Å². The molecule has 0 aliphatic heterocycles. The van der Waals surface area contributed by atoms with E-state index in [9.17, 15) is 9.00 Å². The molecule has 160 valence electrons. The van der Waals surface area contributed by atoms with E-state index in [-0.39, 0.29) is 5.91 Å². The standard InChI is InChI=1S/C20H24BrN5O3S/c1-5-14-13-25(3)22-18(14)20(27)24(2)8-9-29-10-11-30(28)15-6-7-17-16(12-15)19(21)23-26(17)4/h5-7,12-13H,1,8-11H2,2-4H3. The van der Waals surface area contributed by atoms with Crippen molar-refractivity contribution in [3.63, 3.8) is 0 Å². The Balaban J connectivity index is 1.46. The molecular formula is C20H24BrN5O3S. The summed E-state index contributed by atoms with van der Waals surface area (Å²) in [7, 11) is 4.15. The van der Waals surface area contributed by atoms with Gasteiger partial charge in [0.1, 0.15) is 4.60 Å². The van der Waals surface area contributed by atoms with Crippen LogP contribution in [-0.4, -0.2) is 67.1 Å². The van der Waals surface area contributed by atoms with E-state index in [1.165, 1.54) is 0 Å². The van der Waals surface area contributed by atoms with Gasteiger partial charge < -0.3 is 9.64 Å². The van der Waals surface area contributed by atoms with Crippen LogP contribution in [0.3, 0.4) is 0 Å². The van der Waals surface area contributed by atoms with Gasteiger partial charge in [0.2, 0.25) is 0 Å². The molecule has 0 saturated heterocycles. The van der Waals surface area contributed by atoms with Crippen LogP contribution in [0.15, 0.2) is 40.5 Å². The molecular weight excluding hydrogens is 470 g/mol. The first-order valence-corrected chi connectivity index (χ1v) is 11.4. The number of benzene rings is 1. The number of carbonyl (C=O) groups excluding carboxylic acids is 1. The van der Waals surface area contributed by atoms with E-state index in [4.69, 9.17) is 4.74 Å². The normalized spacial score (nSPS) is 12.3. The predicted molar refractivity (Wildman–Crippen MR) is 121 cm³/mol. The molecule has 1 atom stereocenters. The van der Waals surface area contributed by atoms with Crippen molar-refractivity contribution in [3.05, 3.63) is 46.8 Å². The van der Waals surface area contributed by atoms with Gasteiger partial charge in [-0.25, -0.2) is 0 Å². The third-order valence-electron chi connectivity index (χ3n) is 4.65. The Kier molecular flexibility index (Phi) is 7.22. The number of hydrogen-bond acceptors (Lipinski definition) is 5. The van der Waals surface area contributed by atoms with Crippen LogP contribution in [0.5, 0.6) is 0 Å². The first kappa shape index (κ1) is 22.4. The van der Waals surface area contributed by atoms with E-state index in [0.29, 0.717) is 36.8 Å². The SMILES string of the molecule is C=Cc1cn(C)nc1C(=O)N(C)CCOCCS(=O)c1ccc2c(c1)c(Br)nn2C. The average Bonchev–Trinajstić information content (AvgIpc) is 3.25. The largest absolute Gasteiger partial charge is 0.379 e. The van der Waals surface area contributed by atoms with Crippen LogP contribution in [0.25, 0.3) is 17.0 Å². The molecule has 2 heterocycles. The minimum atomic E-state index is -1.18. The topological polar surface area (TPSA) is 82.2 Å². The Bertz CT molecular complexity index is 1110. The number of halogens is 1. The molecule has 0 N–H and O–H groups in total. The van der Waals surface area contributed by atoms with Gasteiger partial charge in [0.05, 0.1) is 35.3 Å². The quantitative estimate of drug-likeness (QED) is 0.428. The lowest BCUT2D eigenvalue weighted by Crippen LogP contribution is -2.31. The van der Waals surface area contributed by atoms with Crippen LogP contribution >= 0.6 is 15.9 Å². The molecule has 0 aliphatic rings. The molecule has 3 rings (SSSR count). The molecule has 0 aliphatic carbocycles. The highest BCUT2D eigenvalue weighted by atomic mass is 79.9. The van der Waals surface area contributed by atoms with Gasteiger partial charge in [0, 0.05) is 49.7 Å². The Morgan fingerprint density at radius 2 is 2.10 bits per heavy atom. The van der Waals surface area contributed by atoms with Crippen LogP contribution < -0.4 is 0 Å². The highest BCUT2D eigenvalue weighted by molar-refractivity contribution is 9.10. The summed E-state index contributed by atoms with van der Waals surface area (Å²) in [5.74, 6) is 0.190. The lowest BCUT2D eigenvalue weighted by atomic mass is 10.2. The molecule has 0 saturated carbocycles. The maximum atomic E-state index is 12.6. The van der Waals surface area contributed by atoms with Crippen molar-refractivity contribution in [1.82, 2.24) is 24.5 Å². The van der Waals surface area contributed by atoms with Gasteiger partial charge >= 0.3 is 0 Å². The van der Waals surface area contributed by atoms with Gasteiger partial charge in [-0.2, -0.15) is 10.2 Å². The van der Waals surface area contributed by atoms with Gasteiger partial charge in [-0.05, 0) is 34.1 Å². The van der Waals surface area contributed by atoms with Crippen LogP contribution in [0.2, 0.25) is 0 Å². The monoisotopic (exact) mass is 493 g/mol. The smallest absolute Gasteiger partial charge is 0.274 e. The Hall–Kier alpha value is -2.30. The highest BCUT2D eigenvalue weighted by Gasteiger charge is 2.18. The summed E-state index contributed by atoms with van der Waals surface area (Å²) in [6.45, 7) is 4.81. The van der Waals surface area contributed by atoms with E-state index in [2.05, 4.69) is 32.7 Å². The number of ether oxygens (including phenoxy) is 1. The molecule has 3 aromatic rings. The van der Waals surface area contributed by atoms with Gasteiger partial charge in [0.15, 0.2) is 5.69 Å². The van der Waals surface area contributed by atoms with Crippen LogP contribution in [-0.2, 0) is 29.6 Å². The molecule has 1 amide bonds. The summed E-state index contributed by atoms with van der Waals surface area (Å²) >= 11 is 3.43. The summed E-state index contributed by atoms with van der Waals surface area (Å²) < 4.78 is 22.3. The fourth-order valence-electron chi connectivity index (χ4n) is 3.00. The van der Waals surface area contributed by atoms with Crippen molar-refractivity contribution >= 4 is 49.6 Å². The molecule has 10 heteroatoms. The summed E-state index contributed by atoms with van der Waals surface area (Å²) in [4.78, 5) is 14.8. The van der Waals surface area contributed by atoms with Crippen LogP contribution in [0.1, 0.15) is 16.1 Å². The Labute approximate surface area is 186 Å². The first-order chi connectivity index (χ1) is 14.3. The summed E-state index contributed by atoms with van der Waals surface area (Å²) in [5.41, 5.74) is 2.04. The second-order valence-corrected chi connectivity index (χ2v) is 9.11. The molecule has 0 radical (unpaired) electrons. The van der Waals surface area contributed by atoms with E-state index >= 15 is 0 Å². The maximum absolute atomic E-state index is 12.6. The van der Waals surface area contributed by atoms with Gasteiger partial charge in [-0.1, -0.05) is 12.7 Å². The maximum Gasteiger partial charge on any atom is 0.274 e. The van der Waals surface area contributed by atoms with Crippen LogP contribution in [0.4, 0.5) is 0 Å². The molecule has 0 spiro atoms. The van der Waals surface area contributed by atoms with Crippen molar-refractivity contribution < 1.29 is 13.7 Å². The average molecular weight is 494 g/mol. The fourth-order valence-corrected chi connectivity index (χ4v) is 4.53. The van der Waals surface area contributed by atoms with E-state index in [1.54, 1.807) is 40.6 Å². The number of aryl methyl sites for hydroxylation is 2. The minimum absolute atomic E-state index is 0.187. The molecule has 8 nitrogen and oxygen atoms in total. The molecule has 0 fully saturated rings. The summed E-state index contributed by atoms with van der Waals surface area (Å²) in [5, 5.41) is 9.43. The Morgan fingerprint density at radius 1 is 1.33 bits per heavy atom. The van der Waals surface area contributed by atoms with E-state index in [1.807, 2.05) is 25.2 Å². The number of aromatic nitrogens is 4. The third-order valence-corrected chi connectivity index (χ3v) is 6.55. The van der Waals surface area contributed by atoms with Crippen molar-refractivity contribution in [2.24, 2.45) is 14.1 Å². The Morgan fingerprint density at radius 3 is 2.83 bits per heavy atom. The minimum Gasteiger partial charge on any atom is -0.379 e.